The highest BCUT2D eigenvalue weighted by molar-refractivity contribution is 5.84. The van der Waals surface area contributed by atoms with Crippen molar-refractivity contribution < 1.29 is 9.53 Å². The zero-order valence-corrected chi connectivity index (χ0v) is 16.5. The second-order valence-corrected chi connectivity index (χ2v) is 7.55. The zero-order chi connectivity index (χ0) is 19.5. The third kappa shape index (κ3) is 3.74. The zero-order valence-electron chi connectivity index (χ0n) is 16.5. The summed E-state index contributed by atoms with van der Waals surface area (Å²) in [6.07, 6.45) is 6.14. The number of anilines is 2. The van der Waals surface area contributed by atoms with Gasteiger partial charge in [0.25, 0.3) is 0 Å². The van der Waals surface area contributed by atoms with Crippen LogP contribution in [-0.4, -0.2) is 47.5 Å². The molecule has 0 radical (unpaired) electrons. The van der Waals surface area contributed by atoms with Gasteiger partial charge in [0.15, 0.2) is 0 Å². The van der Waals surface area contributed by atoms with Crippen LogP contribution in [-0.2, 0) is 17.9 Å². The van der Waals surface area contributed by atoms with Crippen molar-refractivity contribution in [3.05, 3.63) is 41.7 Å². The van der Waals surface area contributed by atoms with Crippen molar-refractivity contribution in [3.8, 4) is 5.75 Å². The molecule has 0 atom stereocenters. The lowest BCUT2D eigenvalue weighted by molar-refractivity contribution is -0.132. The molecule has 0 bridgehead atoms. The molecule has 2 heterocycles. The number of nitrogens with zero attached hydrogens (tertiary/aromatic N) is 4. The highest BCUT2D eigenvalue weighted by Crippen LogP contribution is 2.32. The SMILES string of the molecule is COc1cccc(CNc2ncnc3c2CN(C2CCCC2)C(=O)CN3C)c1. The monoisotopic (exact) mass is 381 g/mol. The number of fused-ring (bicyclic) bond motifs is 1. The standard InChI is InChI=1S/C21H27N5O2/c1-25-13-19(27)26(16-7-3-4-8-16)12-18-20(23-14-24-21(18)25)22-11-15-6-5-9-17(10-15)28-2/h5-6,9-10,14,16H,3-4,7-8,11-13H2,1-2H3,(H,22,23,24). The Bertz CT molecular complexity index is 850. The van der Waals surface area contributed by atoms with Crippen LogP contribution in [0.2, 0.25) is 0 Å². The number of hydrogen-bond acceptors (Lipinski definition) is 6. The van der Waals surface area contributed by atoms with Crippen LogP contribution >= 0.6 is 0 Å². The summed E-state index contributed by atoms with van der Waals surface area (Å²) in [7, 11) is 3.59. The van der Waals surface area contributed by atoms with Crippen molar-refractivity contribution in [3.63, 3.8) is 0 Å². The Morgan fingerprint density at radius 1 is 1.21 bits per heavy atom. The predicted molar refractivity (Wildman–Crippen MR) is 108 cm³/mol. The average Bonchev–Trinajstić information content (AvgIpc) is 3.21. The van der Waals surface area contributed by atoms with Gasteiger partial charge in [0.05, 0.1) is 25.8 Å². The van der Waals surface area contributed by atoms with Crippen LogP contribution in [0.15, 0.2) is 30.6 Å². The summed E-state index contributed by atoms with van der Waals surface area (Å²) in [5, 5.41) is 3.44. The molecule has 1 aliphatic carbocycles. The van der Waals surface area contributed by atoms with Crippen LogP contribution in [0.25, 0.3) is 0 Å². The largest absolute Gasteiger partial charge is 0.497 e. The first-order valence-corrected chi connectivity index (χ1v) is 9.87. The van der Waals surface area contributed by atoms with E-state index in [2.05, 4.69) is 21.4 Å². The third-order valence-corrected chi connectivity index (χ3v) is 5.66. The smallest absolute Gasteiger partial charge is 0.242 e. The van der Waals surface area contributed by atoms with E-state index in [-0.39, 0.29) is 5.91 Å². The van der Waals surface area contributed by atoms with Gasteiger partial charge in [-0.15, -0.1) is 0 Å². The van der Waals surface area contributed by atoms with Gasteiger partial charge in [0.2, 0.25) is 5.91 Å². The summed E-state index contributed by atoms with van der Waals surface area (Å²) in [6.45, 7) is 1.54. The molecular formula is C21H27N5O2. The fourth-order valence-corrected chi connectivity index (χ4v) is 4.17. The van der Waals surface area contributed by atoms with Crippen LogP contribution in [0.4, 0.5) is 11.6 Å². The summed E-state index contributed by atoms with van der Waals surface area (Å²) in [4.78, 5) is 25.8. The maximum atomic E-state index is 12.8. The van der Waals surface area contributed by atoms with Gasteiger partial charge in [-0.1, -0.05) is 25.0 Å². The Balaban J connectivity index is 1.59. The van der Waals surface area contributed by atoms with Crippen molar-refractivity contribution >= 4 is 17.5 Å². The van der Waals surface area contributed by atoms with Gasteiger partial charge in [0.1, 0.15) is 23.7 Å². The first kappa shape index (κ1) is 18.5. The molecule has 1 amide bonds. The maximum Gasteiger partial charge on any atom is 0.242 e. The number of methoxy groups -OCH3 is 1. The molecule has 0 saturated heterocycles. The lowest BCUT2D eigenvalue weighted by Gasteiger charge is -2.28. The highest BCUT2D eigenvalue weighted by atomic mass is 16.5. The summed E-state index contributed by atoms with van der Waals surface area (Å²) >= 11 is 0. The maximum absolute atomic E-state index is 12.8. The molecule has 2 aromatic rings. The molecule has 2 aliphatic rings. The van der Waals surface area contributed by atoms with Gasteiger partial charge < -0.3 is 19.9 Å². The molecule has 1 aliphatic heterocycles. The second-order valence-electron chi connectivity index (χ2n) is 7.55. The quantitative estimate of drug-likeness (QED) is 0.859. The van der Waals surface area contributed by atoms with Crippen LogP contribution < -0.4 is 15.0 Å². The Hall–Kier alpha value is -2.83. The number of ether oxygens (including phenoxy) is 1. The van der Waals surface area contributed by atoms with E-state index in [1.165, 1.54) is 12.8 Å². The second kappa shape index (κ2) is 8.04. The first-order chi connectivity index (χ1) is 13.7. The van der Waals surface area contributed by atoms with E-state index in [1.54, 1.807) is 13.4 Å². The minimum Gasteiger partial charge on any atom is -0.497 e. The molecule has 7 nitrogen and oxygen atoms in total. The number of aromatic nitrogens is 2. The van der Waals surface area contributed by atoms with E-state index in [9.17, 15) is 4.79 Å². The fourth-order valence-electron chi connectivity index (χ4n) is 4.17. The van der Waals surface area contributed by atoms with Gasteiger partial charge in [-0.2, -0.15) is 0 Å². The number of hydrogen-bond donors (Lipinski definition) is 1. The first-order valence-electron chi connectivity index (χ1n) is 9.87. The summed E-state index contributed by atoms with van der Waals surface area (Å²) in [6, 6.07) is 8.30. The van der Waals surface area contributed by atoms with Crippen molar-refractivity contribution in [2.75, 3.05) is 30.9 Å². The number of nitrogens with one attached hydrogen (secondary N) is 1. The van der Waals surface area contributed by atoms with Crippen LogP contribution in [0.1, 0.15) is 36.8 Å². The van der Waals surface area contributed by atoms with E-state index in [4.69, 9.17) is 4.74 Å². The molecule has 1 N–H and O–H groups in total. The highest BCUT2D eigenvalue weighted by Gasteiger charge is 2.32. The fraction of sp³-hybridized carbons (Fsp3) is 0.476. The molecular weight excluding hydrogens is 354 g/mol. The van der Waals surface area contributed by atoms with E-state index in [1.807, 2.05) is 35.0 Å². The number of amides is 1. The summed E-state index contributed by atoms with van der Waals surface area (Å²) < 4.78 is 5.31. The molecule has 148 valence electrons. The lowest BCUT2D eigenvalue weighted by atomic mass is 10.1. The van der Waals surface area contributed by atoms with Gasteiger partial charge in [-0.05, 0) is 30.5 Å². The van der Waals surface area contributed by atoms with Gasteiger partial charge >= 0.3 is 0 Å². The van der Waals surface area contributed by atoms with Crippen LogP contribution in [0.3, 0.4) is 0 Å². The number of carbonyl (C=O) groups excluding carboxylic acids is 1. The minimum atomic E-state index is 0.172. The van der Waals surface area contributed by atoms with Gasteiger partial charge in [0, 0.05) is 19.6 Å². The Labute approximate surface area is 165 Å². The molecule has 7 heteroatoms. The van der Waals surface area contributed by atoms with E-state index in [0.29, 0.717) is 25.7 Å². The van der Waals surface area contributed by atoms with Crippen molar-refractivity contribution in [1.82, 2.24) is 14.9 Å². The predicted octanol–water partition coefficient (Wildman–Crippen LogP) is 2.82. The number of benzene rings is 1. The van der Waals surface area contributed by atoms with Crippen molar-refractivity contribution in [2.24, 2.45) is 0 Å². The average molecular weight is 381 g/mol. The summed E-state index contributed by atoms with van der Waals surface area (Å²) in [5.74, 6) is 2.62. The number of likely N-dealkylation sites (N-methyl/N-ethyl adjacent to an activating group) is 1. The van der Waals surface area contributed by atoms with Crippen molar-refractivity contribution in [2.45, 2.75) is 44.8 Å². The van der Waals surface area contributed by atoms with Crippen LogP contribution in [0.5, 0.6) is 5.75 Å². The summed E-state index contributed by atoms with van der Waals surface area (Å²) in [5.41, 5.74) is 2.10. The van der Waals surface area contributed by atoms with Gasteiger partial charge in [-0.3, -0.25) is 4.79 Å². The topological polar surface area (TPSA) is 70.6 Å². The molecule has 1 aromatic heterocycles. The molecule has 0 spiro atoms. The third-order valence-electron chi connectivity index (χ3n) is 5.66. The Morgan fingerprint density at radius 2 is 2.04 bits per heavy atom. The molecule has 1 fully saturated rings. The minimum absolute atomic E-state index is 0.172. The molecule has 4 rings (SSSR count). The number of rotatable bonds is 5. The molecule has 0 unspecified atom stereocenters. The van der Waals surface area contributed by atoms with Gasteiger partial charge in [-0.25, -0.2) is 9.97 Å². The normalized spacial score (nSPS) is 17.4. The molecule has 1 aromatic carbocycles. The van der Waals surface area contributed by atoms with E-state index >= 15 is 0 Å². The lowest BCUT2D eigenvalue weighted by Crippen LogP contribution is -2.41. The molecule has 1 saturated carbocycles. The molecule has 28 heavy (non-hydrogen) atoms. The van der Waals surface area contributed by atoms with Crippen molar-refractivity contribution in [1.29, 1.82) is 0 Å². The van der Waals surface area contributed by atoms with Crippen LogP contribution in [0, 0.1) is 0 Å². The Kier molecular flexibility index (Phi) is 5.32. The van der Waals surface area contributed by atoms with E-state index < -0.39 is 0 Å². The number of carbonyl (C=O) groups is 1. The Morgan fingerprint density at radius 3 is 2.82 bits per heavy atom. The van der Waals surface area contributed by atoms with E-state index in [0.717, 1.165) is 41.4 Å².